The van der Waals surface area contributed by atoms with Crippen LogP contribution in [0.3, 0.4) is 0 Å². The van der Waals surface area contributed by atoms with Crippen molar-refractivity contribution in [2.24, 2.45) is 0 Å². The number of nitrogens with zero attached hydrogens (tertiary/aromatic N) is 2. The largest absolute Gasteiger partial charge is 0.394 e. The van der Waals surface area contributed by atoms with Crippen molar-refractivity contribution in [3.63, 3.8) is 0 Å². The number of benzene rings is 1. The van der Waals surface area contributed by atoms with Crippen LogP contribution >= 0.6 is 11.6 Å². The Balaban J connectivity index is 2.32. The number of hydrogen-bond acceptors (Lipinski definition) is 4. The van der Waals surface area contributed by atoms with Crippen LogP contribution in [0.4, 0.5) is 10.2 Å². The maximum atomic E-state index is 14.0. The lowest BCUT2D eigenvalue weighted by Gasteiger charge is -2.15. The second-order valence-corrected chi connectivity index (χ2v) is 4.73. The molecule has 6 heteroatoms. The lowest BCUT2D eigenvalue weighted by atomic mass is 10.1. The lowest BCUT2D eigenvalue weighted by molar-refractivity contribution is 0.271. The Bertz CT molecular complexity index is 590. The van der Waals surface area contributed by atoms with Gasteiger partial charge in [-0.25, -0.2) is 9.37 Å². The fourth-order valence-corrected chi connectivity index (χ4v) is 1.93. The number of anilines is 1. The Morgan fingerprint density at radius 1 is 1.40 bits per heavy atom. The van der Waals surface area contributed by atoms with Crippen LogP contribution in [0.25, 0.3) is 11.3 Å². The SMILES string of the molecule is CCC(CO)Nc1cncc(-c2cccc(Cl)c2F)n1. The van der Waals surface area contributed by atoms with E-state index in [1.54, 1.807) is 12.1 Å². The molecule has 2 N–H and O–H groups in total. The van der Waals surface area contributed by atoms with Gasteiger partial charge in [0.15, 0.2) is 5.82 Å². The molecule has 0 radical (unpaired) electrons. The Morgan fingerprint density at radius 3 is 2.90 bits per heavy atom. The van der Waals surface area contributed by atoms with Crippen molar-refractivity contribution in [1.29, 1.82) is 0 Å². The van der Waals surface area contributed by atoms with Gasteiger partial charge >= 0.3 is 0 Å². The smallest absolute Gasteiger partial charge is 0.151 e. The lowest BCUT2D eigenvalue weighted by Crippen LogP contribution is -2.23. The van der Waals surface area contributed by atoms with Crippen molar-refractivity contribution in [3.05, 3.63) is 41.4 Å². The molecule has 0 bridgehead atoms. The predicted molar refractivity (Wildman–Crippen MR) is 77.2 cm³/mol. The second-order valence-electron chi connectivity index (χ2n) is 4.32. The van der Waals surface area contributed by atoms with E-state index in [-0.39, 0.29) is 17.7 Å². The second kappa shape index (κ2) is 6.63. The zero-order chi connectivity index (χ0) is 14.5. The Morgan fingerprint density at radius 2 is 2.20 bits per heavy atom. The maximum absolute atomic E-state index is 14.0. The molecule has 0 aliphatic carbocycles. The first-order chi connectivity index (χ1) is 9.65. The summed E-state index contributed by atoms with van der Waals surface area (Å²) in [6.07, 6.45) is 3.75. The van der Waals surface area contributed by atoms with Crippen LogP contribution in [-0.4, -0.2) is 27.7 Å². The summed E-state index contributed by atoms with van der Waals surface area (Å²) in [4.78, 5) is 8.33. The Labute approximate surface area is 121 Å². The van der Waals surface area contributed by atoms with Crippen molar-refractivity contribution in [2.45, 2.75) is 19.4 Å². The summed E-state index contributed by atoms with van der Waals surface area (Å²) in [5, 5.41) is 12.3. The van der Waals surface area contributed by atoms with Crippen molar-refractivity contribution in [2.75, 3.05) is 11.9 Å². The first-order valence-corrected chi connectivity index (χ1v) is 6.67. The highest BCUT2D eigenvalue weighted by molar-refractivity contribution is 6.31. The fraction of sp³-hybridized carbons (Fsp3) is 0.286. The summed E-state index contributed by atoms with van der Waals surface area (Å²) in [7, 11) is 0. The van der Waals surface area contributed by atoms with E-state index in [0.717, 1.165) is 6.42 Å². The Kier molecular flexibility index (Phi) is 4.87. The van der Waals surface area contributed by atoms with Gasteiger partial charge in [-0.1, -0.05) is 24.6 Å². The highest BCUT2D eigenvalue weighted by Gasteiger charge is 2.12. The molecule has 4 nitrogen and oxygen atoms in total. The van der Waals surface area contributed by atoms with Gasteiger partial charge in [0, 0.05) is 5.56 Å². The minimum Gasteiger partial charge on any atom is -0.394 e. The molecule has 1 aromatic heterocycles. The average molecular weight is 296 g/mol. The first-order valence-electron chi connectivity index (χ1n) is 6.29. The third-order valence-electron chi connectivity index (χ3n) is 2.93. The van der Waals surface area contributed by atoms with Gasteiger partial charge in [-0.05, 0) is 18.6 Å². The van der Waals surface area contributed by atoms with Gasteiger partial charge in [-0.15, -0.1) is 0 Å². The number of rotatable bonds is 5. The molecule has 1 unspecified atom stereocenters. The van der Waals surface area contributed by atoms with Crippen molar-refractivity contribution >= 4 is 17.4 Å². The number of aliphatic hydroxyl groups excluding tert-OH is 1. The maximum Gasteiger partial charge on any atom is 0.151 e. The van der Waals surface area contributed by atoms with Crippen molar-refractivity contribution in [3.8, 4) is 11.3 Å². The standard InChI is InChI=1S/C14H15ClFN3O/c1-2-9(8-20)18-13-7-17-6-12(19-13)10-4-3-5-11(15)14(10)16/h3-7,9,20H,2,8H2,1H3,(H,18,19). The molecule has 2 rings (SSSR count). The Hall–Kier alpha value is -1.72. The van der Waals surface area contributed by atoms with Crippen molar-refractivity contribution in [1.82, 2.24) is 9.97 Å². The van der Waals surface area contributed by atoms with Crippen LogP contribution in [0.2, 0.25) is 5.02 Å². The fourth-order valence-electron chi connectivity index (χ4n) is 1.75. The number of aromatic nitrogens is 2. The number of nitrogens with one attached hydrogen (secondary N) is 1. The van der Waals surface area contributed by atoms with E-state index >= 15 is 0 Å². The zero-order valence-electron chi connectivity index (χ0n) is 11.0. The molecule has 0 spiro atoms. The normalized spacial score (nSPS) is 12.2. The minimum atomic E-state index is -0.519. The van der Waals surface area contributed by atoms with Gasteiger partial charge in [0.1, 0.15) is 5.82 Å². The molecule has 0 saturated heterocycles. The van der Waals surface area contributed by atoms with Gasteiger partial charge in [-0.2, -0.15) is 0 Å². The topological polar surface area (TPSA) is 58.0 Å². The van der Waals surface area contributed by atoms with E-state index in [9.17, 15) is 4.39 Å². The first kappa shape index (κ1) is 14.7. The number of halogens is 2. The average Bonchev–Trinajstić information content (AvgIpc) is 2.48. The number of hydrogen-bond donors (Lipinski definition) is 2. The molecular formula is C14H15ClFN3O. The van der Waals surface area contributed by atoms with Crippen molar-refractivity contribution < 1.29 is 9.50 Å². The number of aliphatic hydroxyl groups is 1. The highest BCUT2D eigenvalue weighted by Crippen LogP contribution is 2.26. The van der Waals surface area contributed by atoms with E-state index < -0.39 is 5.82 Å². The molecule has 20 heavy (non-hydrogen) atoms. The van der Waals surface area contributed by atoms with Crippen LogP contribution in [-0.2, 0) is 0 Å². The molecular weight excluding hydrogens is 281 g/mol. The summed E-state index contributed by atoms with van der Waals surface area (Å²) >= 11 is 5.76. The van der Waals surface area contributed by atoms with Gasteiger partial charge < -0.3 is 10.4 Å². The van der Waals surface area contributed by atoms with Gasteiger partial charge in [-0.3, -0.25) is 4.98 Å². The summed E-state index contributed by atoms with van der Waals surface area (Å²) in [5.41, 5.74) is 0.688. The van der Waals surface area contributed by atoms with Crippen LogP contribution in [0.1, 0.15) is 13.3 Å². The van der Waals surface area contributed by atoms with Crippen LogP contribution < -0.4 is 5.32 Å². The van der Waals surface area contributed by atoms with Crippen LogP contribution in [0.15, 0.2) is 30.6 Å². The molecule has 1 atom stereocenters. The van der Waals surface area contributed by atoms with Crippen LogP contribution in [0.5, 0.6) is 0 Å². The minimum absolute atomic E-state index is 0.00602. The molecule has 1 heterocycles. The summed E-state index contributed by atoms with van der Waals surface area (Å²) in [6, 6.07) is 4.63. The monoisotopic (exact) mass is 295 g/mol. The summed E-state index contributed by atoms with van der Waals surface area (Å²) < 4.78 is 14.0. The summed E-state index contributed by atoms with van der Waals surface area (Å²) in [5.74, 6) is -0.0300. The third-order valence-corrected chi connectivity index (χ3v) is 3.22. The van der Waals surface area contributed by atoms with Gasteiger partial charge in [0.05, 0.1) is 35.8 Å². The van der Waals surface area contributed by atoms with E-state index in [0.29, 0.717) is 17.1 Å². The van der Waals surface area contributed by atoms with Crippen LogP contribution in [0, 0.1) is 5.82 Å². The predicted octanol–water partition coefficient (Wildman–Crippen LogP) is 3.12. The van der Waals surface area contributed by atoms with E-state index in [1.807, 2.05) is 6.92 Å². The highest BCUT2D eigenvalue weighted by atomic mass is 35.5. The molecule has 0 aliphatic rings. The molecule has 2 aromatic rings. The van der Waals surface area contributed by atoms with E-state index in [2.05, 4.69) is 15.3 Å². The molecule has 1 aromatic carbocycles. The van der Waals surface area contributed by atoms with E-state index in [1.165, 1.54) is 18.5 Å². The van der Waals surface area contributed by atoms with Gasteiger partial charge in [0.25, 0.3) is 0 Å². The molecule has 0 fully saturated rings. The quantitative estimate of drug-likeness (QED) is 0.890. The molecule has 106 valence electrons. The third kappa shape index (κ3) is 3.23. The summed E-state index contributed by atoms with van der Waals surface area (Å²) in [6.45, 7) is 1.94. The molecule has 0 amide bonds. The zero-order valence-corrected chi connectivity index (χ0v) is 11.7. The molecule has 0 saturated carbocycles. The van der Waals surface area contributed by atoms with Gasteiger partial charge in [0.2, 0.25) is 0 Å². The molecule has 0 aliphatic heterocycles. The van der Waals surface area contributed by atoms with E-state index in [4.69, 9.17) is 16.7 Å².